The fraction of sp³-hybridized carbons (Fsp3) is 0.0909. The molecule has 0 amide bonds. The lowest BCUT2D eigenvalue weighted by atomic mass is 9.85. The van der Waals surface area contributed by atoms with E-state index in [1.165, 1.54) is 20.3 Å². The molecular formula is C22H19IO. The number of ether oxygens (including phenoxy) is 1. The lowest BCUT2D eigenvalue weighted by Crippen LogP contribution is -2.03. The second-order valence-corrected chi connectivity index (χ2v) is 6.89. The summed E-state index contributed by atoms with van der Waals surface area (Å²) in [5, 5.41) is 0. The predicted octanol–water partition coefficient (Wildman–Crippen LogP) is 6.09. The molecule has 0 saturated heterocycles. The van der Waals surface area contributed by atoms with Gasteiger partial charge in [-0.25, -0.2) is 0 Å². The molecule has 3 rings (SSSR count). The highest BCUT2D eigenvalue weighted by Gasteiger charge is 2.16. The van der Waals surface area contributed by atoms with E-state index in [1.54, 1.807) is 7.11 Å². The number of rotatable bonds is 5. The van der Waals surface area contributed by atoms with Crippen molar-refractivity contribution >= 4 is 28.4 Å². The molecule has 0 heterocycles. The minimum Gasteiger partial charge on any atom is -0.497 e. The van der Waals surface area contributed by atoms with Gasteiger partial charge in [-0.1, -0.05) is 73.3 Å². The van der Waals surface area contributed by atoms with Crippen molar-refractivity contribution in [2.75, 3.05) is 7.11 Å². The molecule has 0 spiro atoms. The third-order valence-corrected chi connectivity index (χ3v) is 4.87. The molecular weight excluding hydrogens is 407 g/mol. The Labute approximate surface area is 157 Å². The van der Waals surface area contributed by atoms with Gasteiger partial charge in [0.25, 0.3) is 0 Å². The van der Waals surface area contributed by atoms with Gasteiger partial charge in [0.15, 0.2) is 0 Å². The molecule has 0 saturated carbocycles. The second-order valence-electron chi connectivity index (χ2n) is 5.64. The lowest BCUT2D eigenvalue weighted by molar-refractivity contribution is 0.371. The largest absolute Gasteiger partial charge is 0.497 e. The fourth-order valence-corrected chi connectivity index (χ4v) is 3.22. The van der Waals surface area contributed by atoms with Crippen molar-refractivity contribution in [3.63, 3.8) is 0 Å². The summed E-state index contributed by atoms with van der Waals surface area (Å²) < 4.78 is 6.47. The van der Waals surface area contributed by atoms with Crippen LogP contribution in [0.3, 0.4) is 0 Å². The van der Waals surface area contributed by atoms with Gasteiger partial charge >= 0.3 is 0 Å². The van der Waals surface area contributed by atoms with Crippen molar-refractivity contribution in [3.05, 3.63) is 111 Å². The van der Waals surface area contributed by atoms with Gasteiger partial charge in [-0.15, -0.1) is 0 Å². The molecule has 1 nitrogen and oxygen atoms in total. The molecule has 0 aliphatic heterocycles. The molecule has 120 valence electrons. The standard InChI is InChI=1S/C22H19IO/c1-16(24-2)17-8-10-19(11-9-17)22(18-6-4-3-5-7-18)20-12-14-21(23)15-13-20/h3-15,22H,1H2,2H3. The normalized spacial score (nSPS) is 11.8. The summed E-state index contributed by atoms with van der Waals surface area (Å²) in [5.74, 6) is 0.903. The van der Waals surface area contributed by atoms with E-state index < -0.39 is 0 Å². The summed E-state index contributed by atoms with van der Waals surface area (Å²) in [4.78, 5) is 0. The predicted molar refractivity (Wildman–Crippen MR) is 109 cm³/mol. The van der Waals surface area contributed by atoms with E-state index in [2.05, 4.69) is 108 Å². The molecule has 0 bridgehead atoms. The Bertz CT molecular complexity index is 805. The van der Waals surface area contributed by atoms with E-state index in [9.17, 15) is 0 Å². The van der Waals surface area contributed by atoms with Crippen molar-refractivity contribution in [3.8, 4) is 0 Å². The Kier molecular flexibility index (Phi) is 5.36. The average Bonchev–Trinajstić information content (AvgIpc) is 2.64. The molecule has 0 N–H and O–H groups in total. The fourth-order valence-electron chi connectivity index (χ4n) is 2.86. The summed E-state index contributed by atoms with van der Waals surface area (Å²) in [7, 11) is 1.65. The Morgan fingerprint density at radius 3 is 1.83 bits per heavy atom. The van der Waals surface area contributed by atoms with Crippen molar-refractivity contribution in [2.45, 2.75) is 5.92 Å². The lowest BCUT2D eigenvalue weighted by Gasteiger charge is -2.19. The first-order chi connectivity index (χ1) is 11.7. The molecule has 0 fully saturated rings. The molecule has 24 heavy (non-hydrogen) atoms. The molecule has 3 aromatic carbocycles. The molecule has 1 unspecified atom stereocenters. The van der Waals surface area contributed by atoms with Gasteiger partial charge in [-0.05, 0) is 51.4 Å². The molecule has 0 aromatic heterocycles. The summed E-state index contributed by atoms with van der Waals surface area (Å²) in [6.45, 7) is 3.92. The van der Waals surface area contributed by atoms with E-state index in [-0.39, 0.29) is 5.92 Å². The van der Waals surface area contributed by atoms with Gasteiger partial charge in [0.1, 0.15) is 5.76 Å². The second kappa shape index (κ2) is 7.67. The monoisotopic (exact) mass is 426 g/mol. The first-order valence-electron chi connectivity index (χ1n) is 7.82. The third kappa shape index (κ3) is 3.70. The van der Waals surface area contributed by atoms with Crippen molar-refractivity contribution in [2.24, 2.45) is 0 Å². The van der Waals surface area contributed by atoms with Crippen LogP contribution in [0.5, 0.6) is 0 Å². The smallest absolute Gasteiger partial charge is 0.118 e. The van der Waals surface area contributed by atoms with Crippen LogP contribution in [0.1, 0.15) is 28.2 Å². The Balaban J connectivity index is 2.05. The van der Waals surface area contributed by atoms with E-state index >= 15 is 0 Å². The molecule has 0 radical (unpaired) electrons. The van der Waals surface area contributed by atoms with Gasteiger partial charge in [-0.3, -0.25) is 0 Å². The summed E-state index contributed by atoms with van der Waals surface area (Å²) in [6, 6.07) is 27.8. The van der Waals surface area contributed by atoms with E-state index in [0.717, 1.165) is 5.56 Å². The maximum atomic E-state index is 5.22. The zero-order chi connectivity index (χ0) is 16.9. The van der Waals surface area contributed by atoms with Gasteiger partial charge in [-0.2, -0.15) is 0 Å². The zero-order valence-electron chi connectivity index (χ0n) is 13.6. The molecule has 2 heteroatoms. The van der Waals surface area contributed by atoms with Crippen LogP contribution < -0.4 is 0 Å². The molecule has 0 aliphatic rings. The van der Waals surface area contributed by atoms with Crippen LogP contribution in [0.2, 0.25) is 0 Å². The van der Waals surface area contributed by atoms with Gasteiger partial charge < -0.3 is 4.74 Å². The minimum absolute atomic E-state index is 0.216. The SMILES string of the molecule is C=C(OC)c1ccc(C(c2ccccc2)c2ccc(I)cc2)cc1. The minimum atomic E-state index is 0.216. The molecule has 1 atom stereocenters. The maximum Gasteiger partial charge on any atom is 0.118 e. The van der Waals surface area contributed by atoms with Crippen molar-refractivity contribution in [1.82, 2.24) is 0 Å². The average molecular weight is 426 g/mol. The number of hydrogen-bond acceptors (Lipinski definition) is 1. The number of hydrogen-bond donors (Lipinski definition) is 0. The molecule has 3 aromatic rings. The Morgan fingerprint density at radius 1 is 0.792 bits per heavy atom. The van der Waals surface area contributed by atoms with Gasteiger partial charge in [0, 0.05) is 15.1 Å². The van der Waals surface area contributed by atoms with Crippen LogP contribution in [0, 0.1) is 3.57 Å². The van der Waals surface area contributed by atoms with E-state index in [1.807, 2.05) is 0 Å². The highest BCUT2D eigenvalue weighted by atomic mass is 127. The van der Waals surface area contributed by atoms with E-state index in [4.69, 9.17) is 4.74 Å². The summed E-state index contributed by atoms with van der Waals surface area (Å²) >= 11 is 2.34. The van der Waals surface area contributed by atoms with Gasteiger partial charge in [0.2, 0.25) is 0 Å². The first-order valence-corrected chi connectivity index (χ1v) is 8.90. The Hall–Kier alpha value is -2.07. The van der Waals surface area contributed by atoms with Gasteiger partial charge in [0.05, 0.1) is 7.11 Å². The van der Waals surface area contributed by atoms with E-state index in [0.29, 0.717) is 5.76 Å². The summed E-state index contributed by atoms with van der Waals surface area (Å²) in [6.07, 6.45) is 0. The number of methoxy groups -OCH3 is 1. The van der Waals surface area contributed by atoms with Crippen LogP contribution >= 0.6 is 22.6 Å². The third-order valence-electron chi connectivity index (χ3n) is 4.15. The van der Waals surface area contributed by atoms with Crippen LogP contribution in [0.25, 0.3) is 5.76 Å². The quantitative estimate of drug-likeness (QED) is 0.273. The van der Waals surface area contributed by atoms with Crippen LogP contribution in [-0.2, 0) is 4.74 Å². The van der Waals surface area contributed by atoms with Crippen LogP contribution in [0.4, 0.5) is 0 Å². The maximum absolute atomic E-state index is 5.22. The number of benzene rings is 3. The first kappa shape index (κ1) is 16.8. The van der Waals surface area contributed by atoms with Crippen molar-refractivity contribution < 1.29 is 4.74 Å². The topological polar surface area (TPSA) is 9.23 Å². The molecule has 0 aliphatic carbocycles. The highest BCUT2D eigenvalue weighted by molar-refractivity contribution is 14.1. The Morgan fingerprint density at radius 2 is 1.29 bits per heavy atom. The zero-order valence-corrected chi connectivity index (χ0v) is 15.7. The van der Waals surface area contributed by atoms with Crippen LogP contribution in [0.15, 0.2) is 85.4 Å². The summed E-state index contributed by atoms with van der Waals surface area (Å²) in [5.41, 5.74) is 4.85. The highest BCUT2D eigenvalue weighted by Crippen LogP contribution is 2.32. The van der Waals surface area contributed by atoms with Crippen molar-refractivity contribution in [1.29, 1.82) is 0 Å². The number of halogens is 1. The van der Waals surface area contributed by atoms with Crippen LogP contribution in [-0.4, -0.2) is 7.11 Å².